The topological polar surface area (TPSA) is 58.4 Å². The number of amides is 1. The van der Waals surface area contributed by atoms with Crippen molar-refractivity contribution < 1.29 is 4.79 Å². The first kappa shape index (κ1) is 13.4. The van der Waals surface area contributed by atoms with Crippen molar-refractivity contribution in [2.45, 2.75) is 45.1 Å². The zero-order chi connectivity index (χ0) is 14.1. The van der Waals surface area contributed by atoms with Gasteiger partial charge in [-0.25, -0.2) is 0 Å². The van der Waals surface area contributed by atoms with Crippen molar-refractivity contribution >= 4 is 11.6 Å². The molecule has 1 aromatic carbocycles. The second-order valence-electron chi connectivity index (χ2n) is 6.07. The zero-order valence-electron chi connectivity index (χ0n) is 12.1. The number of hydrogen-bond donors (Lipinski definition) is 2. The molecule has 2 fully saturated rings. The normalized spacial score (nSPS) is 25.4. The van der Waals surface area contributed by atoms with Gasteiger partial charge in [-0.3, -0.25) is 10.6 Å². The molecule has 1 aromatic rings. The number of nitrogens with two attached hydrogens (primary N) is 1. The van der Waals surface area contributed by atoms with Gasteiger partial charge in [0.1, 0.15) is 0 Å². The van der Waals surface area contributed by atoms with Gasteiger partial charge < -0.3 is 10.3 Å². The van der Waals surface area contributed by atoms with E-state index in [1.54, 1.807) is 0 Å². The van der Waals surface area contributed by atoms with Gasteiger partial charge in [0, 0.05) is 23.8 Å². The third kappa shape index (κ3) is 2.29. The van der Waals surface area contributed by atoms with Crippen LogP contribution in [0.4, 0.5) is 5.69 Å². The summed E-state index contributed by atoms with van der Waals surface area (Å²) in [5, 5.41) is 0. The minimum absolute atomic E-state index is 0.195. The van der Waals surface area contributed by atoms with Crippen molar-refractivity contribution in [2.75, 3.05) is 12.0 Å². The van der Waals surface area contributed by atoms with Crippen LogP contribution in [-0.2, 0) is 0 Å². The van der Waals surface area contributed by atoms with E-state index in [2.05, 4.69) is 10.3 Å². The van der Waals surface area contributed by atoms with Gasteiger partial charge in [-0.15, -0.1) is 0 Å². The SMILES string of the molecule is Cc1cc(NN)ccc1C(=O)N1CCC2CCCCC21. The third-order valence-corrected chi connectivity index (χ3v) is 4.89. The highest BCUT2D eigenvalue weighted by molar-refractivity contribution is 5.96. The molecule has 2 unspecified atom stereocenters. The van der Waals surface area contributed by atoms with E-state index in [9.17, 15) is 4.79 Å². The van der Waals surface area contributed by atoms with E-state index in [-0.39, 0.29) is 5.91 Å². The number of likely N-dealkylation sites (tertiary alicyclic amines) is 1. The molecule has 1 aliphatic heterocycles. The van der Waals surface area contributed by atoms with Crippen LogP contribution < -0.4 is 11.3 Å². The summed E-state index contributed by atoms with van der Waals surface area (Å²) in [6.45, 7) is 2.90. The monoisotopic (exact) mass is 273 g/mol. The summed E-state index contributed by atoms with van der Waals surface area (Å²) in [5.41, 5.74) is 5.27. The molecule has 0 spiro atoms. The predicted molar refractivity (Wildman–Crippen MR) is 80.4 cm³/mol. The summed E-state index contributed by atoms with van der Waals surface area (Å²) < 4.78 is 0. The largest absolute Gasteiger partial charge is 0.335 e. The second kappa shape index (κ2) is 5.44. The van der Waals surface area contributed by atoms with E-state index in [4.69, 9.17) is 5.84 Å². The number of anilines is 1. The van der Waals surface area contributed by atoms with Crippen molar-refractivity contribution in [1.29, 1.82) is 0 Å². The Bertz CT molecular complexity index is 514. The number of aryl methyl sites for hydroxylation is 1. The number of nitrogens with one attached hydrogen (secondary N) is 1. The van der Waals surface area contributed by atoms with E-state index in [1.165, 1.54) is 32.1 Å². The van der Waals surface area contributed by atoms with Crippen LogP contribution in [0.2, 0.25) is 0 Å². The Morgan fingerprint density at radius 2 is 2.10 bits per heavy atom. The molecule has 2 atom stereocenters. The number of rotatable bonds is 2. The fourth-order valence-corrected chi connectivity index (χ4v) is 3.81. The van der Waals surface area contributed by atoms with Gasteiger partial charge >= 0.3 is 0 Å². The first-order valence-electron chi connectivity index (χ1n) is 7.59. The number of carbonyl (C=O) groups excluding carboxylic acids is 1. The molecule has 108 valence electrons. The van der Waals surface area contributed by atoms with Gasteiger partial charge in [0.25, 0.3) is 5.91 Å². The first-order valence-corrected chi connectivity index (χ1v) is 7.59. The summed E-state index contributed by atoms with van der Waals surface area (Å²) in [7, 11) is 0. The maximum absolute atomic E-state index is 12.8. The maximum Gasteiger partial charge on any atom is 0.254 e. The van der Waals surface area contributed by atoms with E-state index in [0.717, 1.165) is 29.3 Å². The summed E-state index contributed by atoms with van der Waals surface area (Å²) in [5.74, 6) is 6.34. The van der Waals surface area contributed by atoms with Crippen molar-refractivity contribution in [3.63, 3.8) is 0 Å². The lowest BCUT2D eigenvalue weighted by Gasteiger charge is -2.32. The minimum atomic E-state index is 0.195. The molecule has 0 radical (unpaired) electrons. The number of hydrogen-bond acceptors (Lipinski definition) is 3. The minimum Gasteiger partial charge on any atom is -0.335 e. The van der Waals surface area contributed by atoms with Gasteiger partial charge in [-0.2, -0.15) is 0 Å². The molecule has 1 amide bonds. The van der Waals surface area contributed by atoms with Gasteiger partial charge in [0.05, 0.1) is 0 Å². The fraction of sp³-hybridized carbons (Fsp3) is 0.562. The quantitative estimate of drug-likeness (QED) is 0.643. The van der Waals surface area contributed by atoms with Gasteiger partial charge in [0.2, 0.25) is 0 Å². The third-order valence-electron chi connectivity index (χ3n) is 4.89. The van der Waals surface area contributed by atoms with E-state index in [0.29, 0.717) is 6.04 Å². The maximum atomic E-state index is 12.8. The molecule has 1 aliphatic carbocycles. The second-order valence-corrected chi connectivity index (χ2v) is 6.07. The number of benzene rings is 1. The van der Waals surface area contributed by atoms with Crippen LogP contribution in [0.3, 0.4) is 0 Å². The first-order chi connectivity index (χ1) is 9.70. The zero-order valence-corrected chi connectivity index (χ0v) is 12.1. The van der Waals surface area contributed by atoms with Gasteiger partial charge in [-0.05, 0) is 55.9 Å². The lowest BCUT2D eigenvalue weighted by atomic mass is 9.85. The Balaban J connectivity index is 1.82. The molecule has 3 rings (SSSR count). The Morgan fingerprint density at radius 3 is 2.85 bits per heavy atom. The average Bonchev–Trinajstić information content (AvgIpc) is 2.90. The fourth-order valence-electron chi connectivity index (χ4n) is 3.81. The molecule has 4 heteroatoms. The Labute approximate surface area is 120 Å². The Morgan fingerprint density at radius 1 is 1.30 bits per heavy atom. The molecular weight excluding hydrogens is 250 g/mol. The van der Waals surface area contributed by atoms with Crippen LogP contribution in [0.5, 0.6) is 0 Å². The highest BCUT2D eigenvalue weighted by Gasteiger charge is 2.38. The number of fused-ring (bicyclic) bond motifs is 1. The van der Waals surface area contributed by atoms with Crippen molar-refractivity contribution in [1.82, 2.24) is 4.90 Å². The molecule has 0 bridgehead atoms. The van der Waals surface area contributed by atoms with Crippen LogP contribution in [0.1, 0.15) is 48.0 Å². The molecule has 1 saturated carbocycles. The van der Waals surface area contributed by atoms with Gasteiger partial charge in [0.15, 0.2) is 0 Å². The van der Waals surface area contributed by atoms with Gasteiger partial charge in [-0.1, -0.05) is 12.8 Å². The molecule has 0 aromatic heterocycles. The lowest BCUT2D eigenvalue weighted by Crippen LogP contribution is -2.39. The summed E-state index contributed by atoms with van der Waals surface area (Å²) in [4.78, 5) is 14.9. The van der Waals surface area contributed by atoms with E-state index < -0.39 is 0 Å². The Hall–Kier alpha value is -1.55. The number of nitrogens with zero attached hydrogens (tertiary/aromatic N) is 1. The van der Waals surface area contributed by atoms with E-state index in [1.807, 2.05) is 25.1 Å². The number of hydrazine groups is 1. The molecule has 20 heavy (non-hydrogen) atoms. The lowest BCUT2D eigenvalue weighted by molar-refractivity contribution is 0.0689. The average molecular weight is 273 g/mol. The molecule has 3 N–H and O–H groups in total. The van der Waals surface area contributed by atoms with Crippen LogP contribution in [-0.4, -0.2) is 23.4 Å². The highest BCUT2D eigenvalue weighted by Crippen LogP contribution is 2.37. The standard InChI is InChI=1S/C16H23N3O/c1-11-10-13(18-17)6-7-14(11)16(20)19-9-8-12-4-2-3-5-15(12)19/h6-7,10,12,15,18H,2-5,8-9,17H2,1H3. The van der Waals surface area contributed by atoms with Crippen molar-refractivity contribution in [2.24, 2.45) is 11.8 Å². The summed E-state index contributed by atoms with van der Waals surface area (Å²) in [6.07, 6.45) is 6.25. The van der Waals surface area contributed by atoms with Crippen LogP contribution in [0.15, 0.2) is 18.2 Å². The highest BCUT2D eigenvalue weighted by atomic mass is 16.2. The molecule has 4 nitrogen and oxygen atoms in total. The van der Waals surface area contributed by atoms with Crippen LogP contribution in [0.25, 0.3) is 0 Å². The summed E-state index contributed by atoms with van der Waals surface area (Å²) in [6, 6.07) is 6.17. The van der Waals surface area contributed by atoms with Crippen LogP contribution in [0, 0.1) is 12.8 Å². The van der Waals surface area contributed by atoms with Crippen molar-refractivity contribution in [3.8, 4) is 0 Å². The predicted octanol–water partition coefficient (Wildman–Crippen LogP) is 2.69. The molecule has 1 saturated heterocycles. The number of carbonyl (C=O) groups is 1. The van der Waals surface area contributed by atoms with Crippen molar-refractivity contribution in [3.05, 3.63) is 29.3 Å². The Kier molecular flexibility index (Phi) is 3.66. The summed E-state index contributed by atoms with van der Waals surface area (Å²) >= 11 is 0. The number of nitrogen functional groups attached to an aromatic ring is 1. The molecule has 1 heterocycles. The molecule has 2 aliphatic rings. The smallest absolute Gasteiger partial charge is 0.254 e. The van der Waals surface area contributed by atoms with E-state index >= 15 is 0 Å². The van der Waals surface area contributed by atoms with Crippen LogP contribution >= 0.6 is 0 Å². The molecular formula is C16H23N3O.